The minimum absolute atomic E-state index is 0.293. The molecule has 0 bridgehead atoms. The maximum Gasteiger partial charge on any atom is 0.378 e. The van der Waals surface area contributed by atoms with Gasteiger partial charge in [0.1, 0.15) is 0 Å². The summed E-state index contributed by atoms with van der Waals surface area (Å²) in [6.45, 7) is 1.86. The number of rotatable bonds is 3. The number of thiophene rings is 1. The highest BCUT2D eigenvalue weighted by atomic mass is 32.1. The summed E-state index contributed by atoms with van der Waals surface area (Å²) in [6.07, 6.45) is 0. The van der Waals surface area contributed by atoms with Gasteiger partial charge in [-0.3, -0.25) is 4.79 Å². The quantitative estimate of drug-likeness (QED) is 0.669. The molecule has 0 saturated carbocycles. The number of carbonyl (C=O) groups excluding carboxylic acids is 1. The van der Waals surface area contributed by atoms with E-state index in [-0.39, 0.29) is 0 Å². The molecule has 0 unspecified atom stereocenters. The molecule has 0 aliphatic heterocycles. The molecule has 1 aromatic heterocycles. The number of aryl methyl sites for hydroxylation is 1. The Morgan fingerprint density at radius 2 is 1.82 bits per heavy atom. The van der Waals surface area contributed by atoms with E-state index in [9.17, 15) is 9.59 Å². The van der Waals surface area contributed by atoms with Crippen LogP contribution >= 0.6 is 11.3 Å². The summed E-state index contributed by atoms with van der Waals surface area (Å²) in [7, 11) is 0. The third kappa shape index (κ3) is 2.26. The zero-order valence-electron chi connectivity index (χ0n) is 9.14. The Morgan fingerprint density at radius 1 is 1.18 bits per heavy atom. The Bertz CT molecular complexity index is 570. The fraction of sp³-hybridized carbons (Fsp3) is 0.0769. The molecule has 17 heavy (non-hydrogen) atoms. The summed E-state index contributed by atoms with van der Waals surface area (Å²) in [4.78, 5) is 23.5. The summed E-state index contributed by atoms with van der Waals surface area (Å²) in [5.41, 5.74) is 1.56. The maximum absolute atomic E-state index is 11.6. The van der Waals surface area contributed by atoms with Gasteiger partial charge in [0, 0.05) is 10.4 Å². The molecular weight excluding hydrogens is 236 g/mol. The van der Waals surface area contributed by atoms with E-state index in [1.807, 2.05) is 43.3 Å². The summed E-state index contributed by atoms with van der Waals surface area (Å²) in [5, 5.41) is 8.77. The minimum atomic E-state index is -1.41. The van der Waals surface area contributed by atoms with Crippen molar-refractivity contribution in [2.45, 2.75) is 6.92 Å². The predicted octanol–water partition coefficient (Wildman–Crippen LogP) is 2.99. The van der Waals surface area contributed by atoms with Crippen LogP contribution in [0.25, 0.3) is 11.1 Å². The van der Waals surface area contributed by atoms with Crippen LogP contribution in [0.5, 0.6) is 0 Å². The zero-order valence-corrected chi connectivity index (χ0v) is 9.95. The largest absolute Gasteiger partial charge is 0.475 e. The molecule has 3 nitrogen and oxygen atoms in total. The highest BCUT2D eigenvalue weighted by Crippen LogP contribution is 2.31. The van der Waals surface area contributed by atoms with Crippen LogP contribution in [0.15, 0.2) is 36.4 Å². The Balaban J connectivity index is 2.56. The van der Waals surface area contributed by atoms with E-state index in [1.54, 1.807) is 0 Å². The molecule has 2 aromatic rings. The van der Waals surface area contributed by atoms with E-state index in [2.05, 4.69) is 0 Å². The van der Waals surface area contributed by atoms with Crippen LogP contribution in [0.3, 0.4) is 0 Å². The normalized spacial score (nSPS) is 10.2. The molecule has 0 atom stereocenters. The van der Waals surface area contributed by atoms with Gasteiger partial charge < -0.3 is 5.11 Å². The van der Waals surface area contributed by atoms with Crippen molar-refractivity contribution in [1.29, 1.82) is 0 Å². The van der Waals surface area contributed by atoms with Crippen LogP contribution in [0.2, 0.25) is 0 Å². The number of benzene rings is 1. The number of ketones is 1. The number of carbonyl (C=O) groups is 2. The topological polar surface area (TPSA) is 54.4 Å². The first kappa shape index (κ1) is 11.5. The number of Topliss-reactive ketones (excluding diaryl/α,β-unsaturated/α-hetero) is 1. The first-order valence-corrected chi connectivity index (χ1v) is 5.84. The number of carboxylic acids is 1. The van der Waals surface area contributed by atoms with Crippen molar-refractivity contribution in [1.82, 2.24) is 0 Å². The van der Waals surface area contributed by atoms with Crippen molar-refractivity contribution >= 4 is 23.1 Å². The zero-order chi connectivity index (χ0) is 12.4. The predicted molar refractivity (Wildman–Crippen MR) is 66.5 cm³/mol. The third-order valence-electron chi connectivity index (χ3n) is 2.34. The van der Waals surface area contributed by atoms with Gasteiger partial charge in [-0.15, -0.1) is 11.3 Å². The smallest absolute Gasteiger partial charge is 0.378 e. The van der Waals surface area contributed by atoms with Crippen molar-refractivity contribution < 1.29 is 14.7 Å². The lowest BCUT2D eigenvalue weighted by Gasteiger charge is -2.00. The van der Waals surface area contributed by atoms with Crippen molar-refractivity contribution in [2.24, 2.45) is 0 Å². The van der Waals surface area contributed by atoms with E-state index in [4.69, 9.17) is 5.11 Å². The molecule has 0 radical (unpaired) electrons. The number of carboxylic acid groups (broad SMARTS) is 1. The molecule has 0 spiro atoms. The van der Waals surface area contributed by atoms with Crippen LogP contribution in [0, 0.1) is 6.92 Å². The SMILES string of the molecule is Cc1cc(-c2ccccc2)c(C(=O)C(=O)O)s1. The second-order valence-corrected chi connectivity index (χ2v) is 4.86. The Kier molecular flexibility index (Phi) is 3.06. The number of hydrogen-bond donors (Lipinski definition) is 1. The van der Waals surface area contributed by atoms with E-state index in [0.29, 0.717) is 10.4 Å². The number of aliphatic carboxylic acids is 1. The van der Waals surface area contributed by atoms with Gasteiger partial charge >= 0.3 is 5.97 Å². The van der Waals surface area contributed by atoms with Gasteiger partial charge in [0.2, 0.25) is 0 Å². The lowest BCUT2D eigenvalue weighted by atomic mass is 10.0. The number of hydrogen-bond acceptors (Lipinski definition) is 3. The van der Waals surface area contributed by atoms with E-state index < -0.39 is 11.8 Å². The first-order valence-electron chi connectivity index (χ1n) is 5.03. The Labute approximate surface area is 102 Å². The summed E-state index contributed by atoms with van der Waals surface area (Å²) >= 11 is 1.22. The highest BCUT2D eigenvalue weighted by Gasteiger charge is 2.21. The fourth-order valence-electron chi connectivity index (χ4n) is 1.61. The second kappa shape index (κ2) is 4.51. The average molecular weight is 246 g/mol. The van der Waals surface area contributed by atoms with Crippen LogP contribution < -0.4 is 0 Å². The third-order valence-corrected chi connectivity index (χ3v) is 3.39. The van der Waals surface area contributed by atoms with Crippen molar-refractivity contribution in [3.05, 3.63) is 46.2 Å². The van der Waals surface area contributed by atoms with E-state index in [1.165, 1.54) is 11.3 Å². The van der Waals surface area contributed by atoms with Crippen LogP contribution in [-0.4, -0.2) is 16.9 Å². The van der Waals surface area contributed by atoms with Gasteiger partial charge in [0.05, 0.1) is 4.88 Å². The molecule has 1 N–H and O–H groups in total. The van der Waals surface area contributed by atoms with Crippen LogP contribution in [0.1, 0.15) is 14.5 Å². The maximum atomic E-state index is 11.6. The fourth-order valence-corrected chi connectivity index (χ4v) is 2.58. The Hall–Kier alpha value is -1.94. The standard InChI is InChI=1S/C13H10O3S/c1-8-7-10(9-5-3-2-4-6-9)12(17-8)11(14)13(15)16/h2-7H,1H3,(H,15,16). The van der Waals surface area contributed by atoms with Crippen molar-refractivity contribution in [2.75, 3.05) is 0 Å². The molecule has 2 rings (SSSR count). The van der Waals surface area contributed by atoms with Gasteiger partial charge in [-0.25, -0.2) is 4.79 Å². The lowest BCUT2D eigenvalue weighted by molar-refractivity contribution is -0.131. The lowest BCUT2D eigenvalue weighted by Crippen LogP contribution is -2.11. The van der Waals surface area contributed by atoms with Crippen molar-refractivity contribution in [3.63, 3.8) is 0 Å². The monoisotopic (exact) mass is 246 g/mol. The molecule has 1 heterocycles. The van der Waals surface area contributed by atoms with Gasteiger partial charge in [-0.05, 0) is 18.6 Å². The molecular formula is C13H10O3S. The molecule has 0 fully saturated rings. The highest BCUT2D eigenvalue weighted by molar-refractivity contribution is 7.15. The first-order chi connectivity index (χ1) is 8.09. The van der Waals surface area contributed by atoms with Gasteiger partial charge in [0.25, 0.3) is 5.78 Å². The summed E-state index contributed by atoms with van der Waals surface area (Å²) < 4.78 is 0. The average Bonchev–Trinajstić information content (AvgIpc) is 2.71. The molecule has 86 valence electrons. The summed E-state index contributed by atoms with van der Waals surface area (Å²) in [6, 6.07) is 11.2. The Morgan fingerprint density at radius 3 is 2.41 bits per heavy atom. The molecule has 0 aliphatic rings. The molecule has 1 aromatic carbocycles. The van der Waals surface area contributed by atoms with Gasteiger partial charge in [0.15, 0.2) is 0 Å². The van der Waals surface area contributed by atoms with Gasteiger partial charge in [-0.2, -0.15) is 0 Å². The second-order valence-electron chi connectivity index (χ2n) is 3.60. The molecule has 0 amide bonds. The molecule has 0 saturated heterocycles. The minimum Gasteiger partial charge on any atom is -0.475 e. The molecule has 0 aliphatic carbocycles. The van der Waals surface area contributed by atoms with Crippen LogP contribution in [0.4, 0.5) is 0 Å². The van der Waals surface area contributed by atoms with Gasteiger partial charge in [-0.1, -0.05) is 30.3 Å². The molecule has 4 heteroatoms. The van der Waals surface area contributed by atoms with E-state index in [0.717, 1.165) is 10.4 Å². The van der Waals surface area contributed by atoms with Crippen molar-refractivity contribution in [3.8, 4) is 11.1 Å². The van der Waals surface area contributed by atoms with E-state index >= 15 is 0 Å². The summed E-state index contributed by atoms with van der Waals surface area (Å²) in [5.74, 6) is -2.26. The van der Waals surface area contributed by atoms with Crippen LogP contribution in [-0.2, 0) is 4.79 Å².